The van der Waals surface area contributed by atoms with Crippen LogP contribution in [0.5, 0.6) is 0 Å². The van der Waals surface area contributed by atoms with Crippen molar-refractivity contribution in [3.8, 4) is 0 Å². The predicted octanol–water partition coefficient (Wildman–Crippen LogP) is 3.04. The van der Waals surface area contributed by atoms with Crippen LogP contribution in [0.2, 0.25) is 0 Å². The molecule has 35 heavy (non-hydrogen) atoms. The molecule has 0 spiro atoms. The Morgan fingerprint density at radius 3 is 2.37 bits per heavy atom. The zero-order valence-electron chi connectivity index (χ0n) is 20.0. The number of hydrogen-bond acceptors (Lipinski definition) is 7. The number of carbonyl (C=O) groups is 1. The largest absolute Gasteiger partial charge is 0.389 e. The lowest BCUT2D eigenvalue weighted by Gasteiger charge is -2.41. The smallest absolute Gasteiger partial charge is 0.381 e. The van der Waals surface area contributed by atoms with Crippen LogP contribution in [0.3, 0.4) is 0 Å². The van der Waals surface area contributed by atoms with Crippen LogP contribution in [0, 0.1) is 0 Å². The number of nitrogens with zero attached hydrogens (tertiary/aromatic N) is 1. The standard InChI is InChI=1S/C22H37F3N2O7S/c23-22(24,25)9-3-1-4-14-32-18-7-12-27(13-8-18)35(29,30)21(10-16-31-17-11-21)20(28)26-34-19-6-2-5-15-33-19/h18-19H,1-17H2,(H,26,28). The molecule has 0 aromatic rings. The minimum Gasteiger partial charge on any atom is -0.381 e. The van der Waals surface area contributed by atoms with Gasteiger partial charge >= 0.3 is 6.18 Å². The Kier molecular flexibility index (Phi) is 10.6. The monoisotopic (exact) mass is 530 g/mol. The molecule has 13 heteroatoms. The van der Waals surface area contributed by atoms with Crippen molar-refractivity contribution in [1.29, 1.82) is 0 Å². The molecular formula is C22H37F3N2O7S. The molecule has 0 radical (unpaired) electrons. The number of carbonyl (C=O) groups excluding carboxylic acids is 1. The second kappa shape index (κ2) is 13.0. The second-order valence-corrected chi connectivity index (χ2v) is 11.6. The molecule has 1 amide bonds. The van der Waals surface area contributed by atoms with Crippen molar-refractivity contribution in [2.24, 2.45) is 0 Å². The third-order valence-electron chi connectivity index (χ3n) is 6.83. The maximum absolute atomic E-state index is 13.7. The molecule has 3 heterocycles. The highest BCUT2D eigenvalue weighted by Crippen LogP contribution is 2.35. The first-order valence-corrected chi connectivity index (χ1v) is 13.9. The molecule has 1 unspecified atom stereocenters. The third kappa shape index (κ3) is 8.00. The van der Waals surface area contributed by atoms with E-state index in [9.17, 15) is 26.4 Å². The Hall–Kier alpha value is -0.990. The summed E-state index contributed by atoms with van der Waals surface area (Å²) in [5, 5.41) is 0. The zero-order valence-corrected chi connectivity index (χ0v) is 20.8. The summed E-state index contributed by atoms with van der Waals surface area (Å²) in [5.74, 6) is -0.702. The molecule has 0 aromatic heterocycles. The number of piperidine rings is 1. The summed E-state index contributed by atoms with van der Waals surface area (Å²) in [6.45, 7) is 1.61. The quantitative estimate of drug-likeness (QED) is 0.324. The van der Waals surface area contributed by atoms with Crippen LogP contribution in [-0.2, 0) is 33.9 Å². The third-order valence-corrected chi connectivity index (χ3v) is 9.45. The van der Waals surface area contributed by atoms with Crippen LogP contribution in [0.15, 0.2) is 0 Å². The number of halogens is 3. The molecule has 3 saturated heterocycles. The molecule has 0 aromatic carbocycles. The average Bonchev–Trinajstić information content (AvgIpc) is 2.85. The van der Waals surface area contributed by atoms with E-state index in [0.29, 0.717) is 45.3 Å². The molecule has 1 N–H and O–H groups in total. The molecule has 0 aliphatic carbocycles. The molecule has 3 fully saturated rings. The van der Waals surface area contributed by atoms with Gasteiger partial charge in [-0.05, 0) is 38.5 Å². The van der Waals surface area contributed by atoms with E-state index in [1.54, 1.807) is 0 Å². The van der Waals surface area contributed by atoms with Crippen LogP contribution in [-0.4, -0.2) is 81.5 Å². The van der Waals surface area contributed by atoms with E-state index in [4.69, 9.17) is 19.0 Å². The van der Waals surface area contributed by atoms with E-state index in [1.807, 2.05) is 0 Å². The number of nitrogens with one attached hydrogen (secondary N) is 1. The number of amides is 1. The second-order valence-electron chi connectivity index (χ2n) is 9.35. The van der Waals surface area contributed by atoms with E-state index in [1.165, 1.54) is 4.31 Å². The number of unbranched alkanes of at least 4 members (excludes halogenated alkanes) is 2. The highest BCUT2D eigenvalue weighted by Gasteiger charge is 2.55. The lowest BCUT2D eigenvalue weighted by Crippen LogP contribution is -2.61. The first-order chi connectivity index (χ1) is 16.6. The summed E-state index contributed by atoms with van der Waals surface area (Å²) >= 11 is 0. The Labute approximate surface area is 205 Å². The Morgan fingerprint density at radius 2 is 1.74 bits per heavy atom. The fraction of sp³-hybridized carbons (Fsp3) is 0.955. The first-order valence-electron chi connectivity index (χ1n) is 12.5. The maximum atomic E-state index is 13.7. The van der Waals surface area contributed by atoms with Gasteiger partial charge in [-0.15, -0.1) is 0 Å². The van der Waals surface area contributed by atoms with Crippen LogP contribution >= 0.6 is 0 Å². The van der Waals surface area contributed by atoms with Crippen molar-refractivity contribution in [3.63, 3.8) is 0 Å². The van der Waals surface area contributed by atoms with Gasteiger partial charge in [0.1, 0.15) is 0 Å². The summed E-state index contributed by atoms with van der Waals surface area (Å²) in [6, 6.07) is 0. The molecule has 0 saturated carbocycles. The number of hydroxylamine groups is 1. The van der Waals surface area contributed by atoms with E-state index in [0.717, 1.165) is 12.8 Å². The van der Waals surface area contributed by atoms with E-state index in [2.05, 4.69) is 5.48 Å². The number of ether oxygens (including phenoxy) is 3. The van der Waals surface area contributed by atoms with Gasteiger partial charge in [0.15, 0.2) is 11.0 Å². The summed E-state index contributed by atoms with van der Waals surface area (Å²) in [5.41, 5.74) is 2.35. The minimum atomic E-state index is -4.13. The van der Waals surface area contributed by atoms with E-state index in [-0.39, 0.29) is 51.7 Å². The zero-order chi connectivity index (χ0) is 25.4. The summed E-state index contributed by atoms with van der Waals surface area (Å²) in [7, 11) is -4.01. The minimum absolute atomic E-state index is 0.0321. The van der Waals surface area contributed by atoms with E-state index < -0.39 is 39.6 Å². The molecule has 0 bridgehead atoms. The lowest BCUT2D eigenvalue weighted by atomic mass is 9.98. The van der Waals surface area contributed by atoms with Gasteiger partial charge in [0, 0.05) is 65.2 Å². The van der Waals surface area contributed by atoms with Gasteiger partial charge in [-0.2, -0.15) is 13.2 Å². The fourth-order valence-electron chi connectivity index (χ4n) is 4.66. The van der Waals surface area contributed by atoms with Crippen molar-refractivity contribution in [2.75, 3.05) is 39.5 Å². The molecule has 1 atom stereocenters. The maximum Gasteiger partial charge on any atom is 0.389 e. The molecular weight excluding hydrogens is 493 g/mol. The van der Waals surface area contributed by atoms with Crippen LogP contribution in [0.4, 0.5) is 13.2 Å². The normalized spacial score (nSPS) is 24.8. The van der Waals surface area contributed by atoms with Crippen molar-refractivity contribution in [3.05, 3.63) is 0 Å². The fourth-order valence-corrected chi connectivity index (χ4v) is 6.80. The van der Waals surface area contributed by atoms with Crippen LogP contribution < -0.4 is 5.48 Å². The Bertz CT molecular complexity index is 762. The predicted molar refractivity (Wildman–Crippen MR) is 120 cm³/mol. The molecule has 3 aliphatic heterocycles. The van der Waals surface area contributed by atoms with Gasteiger partial charge in [-0.3, -0.25) is 4.79 Å². The summed E-state index contributed by atoms with van der Waals surface area (Å²) in [4.78, 5) is 18.5. The number of rotatable bonds is 11. The molecule has 3 rings (SSSR count). The first kappa shape index (κ1) is 28.6. The van der Waals surface area contributed by atoms with Crippen LogP contribution in [0.1, 0.15) is 70.6 Å². The summed E-state index contributed by atoms with van der Waals surface area (Å²) in [6.07, 6.45) is -1.20. The van der Waals surface area contributed by atoms with Gasteiger partial charge in [-0.1, -0.05) is 6.42 Å². The number of alkyl halides is 3. The number of sulfonamides is 1. The summed E-state index contributed by atoms with van der Waals surface area (Å²) < 4.78 is 80.2. The van der Waals surface area contributed by atoms with Crippen molar-refractivity contribution in [2.45, 2.75) is 93.9 Å². The van der Waals surface area contributed by atoms with Crippen LogP contribution in [0.25, 0.3) is 0 Å². The van der Waals surface area contributed by atoms with Gasteiger partial charge in [0.05, 0.1) is 6.10 Å². The van der Waals surface area contributed by atoms with Gasteiger partial charge in [0.2, 0.25) is 10.0 Å². The molecule has 9 nitrogen and oxygen atoms in total. The highest BCUT2D eigenvalue weighted by molar-refractivity contribution is 7.91. The van der Waals surface area contributed by atoms with Crippen molar-refractivity contribution >= 4 is 15.9 Å². The van der Waals surface area contributed by atoms with Gasteiger partial charge < -0.3 is 14.2 Å². The van der Waals surface area contributed by atoms with Crippen molar-refractivity contribution in [1.82, 2.24) is 9.79 Å². The van der Waals surface area contributed by atoms with Gasteiger partial charge in [-0.25, -0.2) is 23.0 Å². The topological polar surface area (TPSA) is 103 Å². The Morgan fingerprint density at radius 1 is 1.03 bits per heavy atom. The lowest BCUT2D eigenvalue weighted by molar-refractivity contribution is -0.202. The van der Waals surface area contributed by atoms with E-state index >= 15 is 0 Å². The Balaban J connectivity index is 1.49. The van der Waals surface area contributed by atoms with Crippen molar-refractivity contribution < 1.29 is 45.4 Å². The highest BCUT2D eigenvalue weighted by atomic mass is 32.2. The average molecular weight is 531 g/mol. The molecule has 3 aliphatic rings. The SMILES string of the molecule is O=C(NOC1CCCCO1)C1(S(=O)(=O)N2CCC(OCCCCCC(F)(F)F)CC2)CCOCC1. The van der Waals surface area contributed by atoms with Gasteiger partial charge in [0.25, 0.3) is 5.91 Å². The number of hydrogen-bond donors (Lipinski definition) is 1. The molecule has 204 valence electrons.